The molecule has 1 fully saturated rings. The number of benzene rings is 2. The molecule has 1 aliphatic heterocycles. The topological polar surface area (TPSA) is 70.5 Å². The van der Waals surface area contributed by atoms with Crippen LogP contribution in [0, 0.1) is 12.7 Å². The van der Waals surface area contributed by atoms with Crippen molar-refractivity contribution in [2.24, 2.45) is 0 Å². The van der Waals surface area contributed by atoms with Crippen LogP contribution in [-0.2, 0) is 9.59 Å². The Bertz CT molecular complexity index is 1220. The molecule has 5 nitrogen and oxygen atoms in total. The van der Waals surface area contributed by atoms with Gasteiger partial charge in [-0.1, -0.05) is 32.0 Å². The summed E-state index contributed by atoms with van der Waals surface area (Å²) in [5, 5.41) is 11.1. The largest absolute Gasteiger partial charge is 0.507 e. The molecule has 1 unspecified atom stereocenters. The predicted octanol–water partition coefficient (Wildman–Crippen LogP) is 5.28. The average molecular weight is 430 g/mol. The molecule has 6 heteroatoms. The summed E-state index contributed by atoms with van der Waals surface area (Å²) in [5.74, 6) is -2.03. The summed E-state index contributed by atoms with van der Waals surface area (Å²) in [6.07, 6.45) is 1.57. The average Bonchev–Trinajstić information content (AvgIpc) is 3.06. The number of hydrogen-bond donors (Lipinski definition) is 1. The lowest BCUT2D eigenvalue weighted by Crippen LogP contribution is -2.29. The number of Topliss-reactive ketones (excluding diaryl/α,β-unsaturated/α-hetero) is 1. The number of pyridine rings is 1. The summed E-state index contributed by atoms with van der Waals surface area (Å²) < 4.78 is 13.8. The van der Waals surface area contributed by atoms with Crippen LogP contribution in [0.15, 0.2) is 72.4 Å². The van der Waals surface area contributed by atoms with Gasteiger partial charge in [-0.25, -0.2) is 4.39 Å². The molecular formula is C26H23FN2O3. The maximum Gasteiger partial charge on any atom is 0.300 e. The first-order valence-electron chi connectivity index (χ1n) is 10.4. The van der Waals surface area contributed by atoms with Crippen LogP contribution in [0.5, 0.6) is 0 Å². The van der Waals surface area contributed by atoms with Crippen LogP contribution in [0.2, 0.25) is 0 Å². The maximum atomic E-state index is 13.8. The van der Waals surface area contributed by atoms with Crippen LogP contribution in [-0.4, -0.2) is 21.8 Å². The van der Waals surface area contributed by atoms with Gasteiger partial charge < -0.3 is 5.11 Å². The third kappa shape index (κ3) is 3.68. The van der Waals surface area contributed by atoms with Gasteiger partial charge in [-0.2, -0.15) is 0 Å². The number of carbonyl (C=O) groups excluding carboxylic acids is 2. The van der Waals surface area contributed by atoms with Gasteiger partial charge in [0.2, 0.25) is 0 Å². The molecule has 32 heavy (non-hydrogen) atoms. The van der Waals surface area contributed by atoms with E-state index in [0.29, 0.717) is 22.9 Å². The number of anilines is 1. The number of aliphatic hydroxyl groups is 1. The fourth-order valence-electron chi connectivity index (χ4n) is 3.88. The van der Waals surface area contributed by atoms with Crippen LogP contribution in [0.1, 0.15) is 48.2 Å². The number of carbonyl (C=O) groups is 2. The highest BCUT2D eigenvalue weighted by atomic mass is 19.1. The smallest absolute Gasteiger partial charge is 0.300 e. The van der Waals surface area contributed by atoms with Crippen molar-refractivity contribution >= 4 is 23.1 Å². The molecule has 2 aromatic carbocycles. The minimum absolute atomic E-state index is 0.0763. The zero-order valence-corrected chi connectivity index (χ0v) is 18.0. The fourth-order valence-corrected chi connectivity index (χ4v) is 3.88. The lowest BCUT2D eigenvalue weighted by molar-refractivity contribution is -0.132. The molecular weight excluding hydrogens is 407 g/mol. The van der Waals surface area contributed by atoms with E-state index in [1.54, 1.807) is 43.5 Å². The van der Waals surface area contributed by atoms with Crippen molar-refractivity contribution in [3.05, 3.63) is 101 Å². The number of aromatic nitrogens is 1. The third-order valence-electron chi connectivity index (χ3n) is 5.68. The van der Waals surface area contributed by atoms with Crippen LogP contribution < -0.4 is 4.90 Å². The molecule has 162 valence electrons. The van der Waals surface area contributed by atoms with Gasteiger partial charge in [0.05, 0.1) is 11.3 Å². The first-order chi connectivity index (χ1) is 15.3. The van der Waals surface area contributed by atoms with Crippen molar-refractivity contribution in [1.29, 1.82) is 0 Å². The number of halogens is 1. The SMILES string of the molecule is Cc1cc(/C(O)=C2/C(=O)C(=O)N(c3ccc(C(C)C)cc3)C2c2ccccn2)ccc1F. The van der Waals surface area contributed by atoms with Gasteiger partial charge in [0.1, 0.15) is 17.6 Å². The van der Waals surface area contributed by atoms with Crippen molar-refractivity contribution in [2.75, 3.05) is 4.90 Å². The van der Waals surface area contributed by atoms with Crippen molar-refractivity contribution in [3.8, 4) is 0 Å². The molecule has 0 spiro atoms. The van der Waals surface area contributed by atoms with E-state index in [0.717, 1.165) is 5.56 Å². The monoisotopic (exact) mass is 430 g/mol. The van der Waals surface area contributed by atoms with E-state index in [-0.39, 0.29) is 16.9 Å². The first kappa shape index (κ1) is 21.4. The summed E-state index contributed by atoms with van der Waals surface area (Å²) in [6, 6.07) is 15.8. The number of aliphatic hydroxyl groups excluding tert-OH is 1. The predicted molar refractivity (Wildman–Crippen MR) is 121 cm³/mol. The molecule has 3 aromatic rings. The number of aryl methyl sites for hydroxylation is 1. The van der Waals surface area contributed by atoms with Gasteiger partial charge in [-0.3, -0.25) is 19.5 Å². The van der Waals surface area contributed by atoms with Gasteiger partial charge >= 0.3 is 0 Å². The van der Waals surface area contributed by atoms with Crippen LogP contribution >= 0.6 is 0 Å². The summed E-state index contributed by atoms with van der Waals surface area (Å²) in [6.45, 7) is 5.71. The van der Waals surface area contributed by atoms with Crippen LogP contribution in [0.3, 0.4) is 0 Å². The Labute approximate surface area is 185 Å². The lowest BCUT2D eigenvalue weighted by atomic mass is 9.97. The molecule has 1 saturated heterocycles. The molecule has 0 radical (unpaired) electrons. The highest BCUT2D eigenvalue weighted by Crippen LogP contribution is 2.41. The number of nitrogens with zero attached hydrogens (tertiary/aromatic N) is 2. The lowest BCUT2D eigenvalue weighted by Gasteiger charge is -2.25. The van der Waals surface area contributed by atoms with E-state index in [1.165, 1.54) is 23.1 Å². The number of rotatable bonds is 4. The van der Waals surface area contributed by atoms with Crippen molar-refractivity contribution in [3.63, 3.8) is 0 Å². The molecule has 1 atom stereocenters. The number of hydrogen-bond acceptors (Lipinski definition) is 4. The molecule has 1 N–H and O–H groups in total. The number of amides is 1. The van der Waals surface area contributed by atoms with E-state index < -0.39 is 23.5 Å². The summed E-state index contributed by atoms with van der Waals surface area (Å²) in [4.78, 5) is 31.9. The van der Waals surface area contributed by atoms with Gasteiger partial charge in [0.15, 0.2) is 0 Å². The second kappa shape index (κ2) is 8.38. The van der Waals surface area contributed by atoms with Gasteiger partial charge in [0.25, 0.3) is 11.7 Å². The Balaban J connectivity index is 1.90. The molecule has 1 aliphatic rings. The molecule has 0 saturated carbocycles. The zero-order valence-electron chi connectivity index (χ0n) is 18.0. The second-order valence-corrected chi connectivity index (χ2v) is 8.13. The Morgan fingerprint density at radius 2 is 1.78 bits per heavy atom. The Morgan fingerprint density at radius 3 is 2.38 bits per heavy atom. The zero-order chi connectivity index (χ0) is 23.0. The summed E-state index contributed by atoms with van der Waals surface area (Å²) in [7, 11) is 0. The van der Waals surface area contributed by atoms with E-state index >= 15 is 0 Å². The van der Waals surface area contributed by atoms with E-state index in [9.17, 15) is 19.1 Å². The van der Waals surface area contributed by atoms with E-state index in [4.69, 9.17) is 0 Å². The van der Waals surface area contributed by atoms with Crippen molar-refractivity contribution < 1.29 is 19.1 Å². The molecule has 4 rings (SSSR count). The van der Waals surface area contributed by atoms with Gasteiger partial charge in [-0.05, 0) is 66.4 Å². The summed E-state index contributed by atoms with van der Waals surface area (Å²) >= 11 is 0. The molecule has 1 aromatic heterocycles. The van der Waals surface area contributed by atoms with Crippen molar-refractivity contribution in [2.45, 2.75) is 32.7 Å². The highest BCUT2D eigenvalue weighted by molar-refractivity contribution is 6.51. The molecule has 1 amide bonds. The van der Waals surface area contributed by atoms with Crippen LogP contribution in [0.4, 0.5) is 10.1 Å². The Hall–Kier alpha value is -3.80. The number of ketones is 1. The standard InChI is InChI=1S/C26H23FN2O3/c1-15(2)17-7-10-19(11-8-17)29-23(21-6-4-5-13-28-21)22(25(31)26(29)32)24(30)18-9-12-20(27)16(3)14-18/h4-15,23,30H,1-3H3/b24-22-. The summed E-state index contributed by atoms with van der Waals surface area (Å²) in [5.41, 5.74) is 2.58. The minimum Gasteiger partial charge on any atom is -0.507 e. The molecule has 0 aliphatic carbocycles. The van der Waals surface area contributed by atoms with Crippen LogP contribution in [0.25, 0.3) is 5.76 Å². The minimum atomic E-state index is -0.911. The Morgan fingerprint density at radius 1 is 1.06 bits per heavy atom. The van der Waals surface area contributed by atoms with E-state index in [1.807, 2.05) is 12.1 Å². The molecule has 2 heterocycles. The third-order valence-corrected chi connectivity index (χ3v) is 5.68. The second-order valence-electron chi connectivity index (χ2n) is 8.13. The molecule has 0 bridgehead atoms. The van der Waals surface area contributed by atoms with E-state index in [2.05, 4.69) is 18.8 Å². The normalized spacial score (nSPS) is 17.9. The fraction of sp³-hybridized carbons (Fsp3) is 0.192. The highest BCUT2D eigenvalue weighted by Gasteiger charge is 2.47. The first-order valence-corrected chi connectivity index (χ1v) is 10.4. The van der Waals surface area contributed by atoms with Gasteiger partial charge in [-0.15, -0.1) is 0 Å². The quantitative estimate of drug-likeness (QED) is 0.347. The Kier molecular flexibility index (Phi) is 5.61. The van der Waals surface area contributed by atoms with Crippen molar-refractivity contribution in [1.82, 2.24) is 4.98 Å². The van der Waals surface area contributed by atoms with Gasteiger partial charge in [0, 0.05) is 17.4 Å². The maximum absolute atomic E-state index is 13.8.